The zero-order chi connectivity index (χ0) is 12.8. The van der Waals surface area contributed by atoms with E-state index in [9.17, 15) is 0 Å². The highest BCUT2D eigenvalue weighted by molar-refractivity contribution is 5.63. The fourth-order valence-corrected chi connectivity index (χ4v) is 1.71. The maximum atomic E-state index is 4.42. The largest absolute Gasteiger partial charge is 0.242 e. The Balaban J connectivity index is 0.000000686. The molecule has 90 valence electrons. The zero-order valence-electron chi connectivity index (χ0n) is 11.3. The summed E-state index contributed by atoms with van der Waals surface area (Å²) in [6, 6.07) is 8.35. The molecule has 0 N–H and O–H groups in total. The number of nitrogens with zero attached hydrogens (tertiary/aromatic N) is 2. The summed E-state index contributed by atoms with van der Waals surface area (Å²) in [4.78, 5) is 8.52. The minimum Gasteiger partial charge on any atom is -0.242 e. The van der Waals surface area contributed by atoms with Crippen molar-refractivity contribution in [2.45, 2.75) is 34.6 Å². The van der Waals surface area contributed by atoms with E-state index in [1.54, 1.807) is 6.20 Å². The standard InChI is InChI=1S/C13H14N2.C2H6/c1-9-4-5-12(10(2)8-9)13-6-7-14-11(3)15-13;1-2/h4-8H,1-3H3;1-2H3. The molecule has 2 heteroatoms. The van der Waals surface area contributed by atoms with E-state index >= 15 is 0 Å². The third-order valence-corrected chi connectivity index (χ3v) is 2.43. The smallest absolute Gasteiger partial charge is 0.125 e. The first-order chi connectivity index (χ1) is 8.16. The number of aromatic nitrogens is 2. The van der Waals surface area contributed by atoms with Gasteiger partial charge in [-0.15, -0.1) is 0 Å². The molecule has 0 amide bonds. The van der Waals surface area contributed by atoms with Gasteiger partial charge in [0.2, 0.25) is 0 Å². The first-order valence-electron chi connectivity index (χ1n) is 6.04. The van der Waals surface area contributed by atoms with Gasteiger partial charge in [0.05, 0.1) is 5.69 Å². The van der Waals surface area contributed by atoms with E-state index in [1.165, 1.54) is 16.7 Å². The minimum absolute atomic E-state index is 0.812. The molecule has 2 rings (SSSR count). The lowest BCUT2D eigenvalue weighted by atomic mass is 10.0. The molecule has 0 radical (unpaired) electrons. The summed E-state index contributed by atoms with van der Waals surface area (Å²) in [5, 5.41) is 0. The van der Waals surface area contributed by atoms with E-state index in [0.29, 0.717) is 0 Å². The van der Waals surface area contributed by atoms with Crippen LogP contribution in [0.3, 0.4) is 0 Å². The van der Waals surface area contributed by atoms with Crippen molar-refractivity contribution >= 4 is 0 Å². The Morgan fingerprint density at radius 3 is 2.24 bits per heavy atom. The second-order valence-electron chi connectivity index (χ2n) is 3.81. The number of aryl methyl sites for hydroxylation is 3. The van der Waals surface area contributed by atoms with Crippen LogP contribution in [0, 0.1) is 20.8 Å². The van der Waals surface area contributed by atoms with Crippen molar-refractivity contribution in [1.29, 1.82) is 0 Å². The van der Waals surface area contributed by atoms with Gasteiger partial charge in [-0.25, -0.2) is 9.97 Å². The lowest BCUT2D eigenvalue weighted by Crippen LogP contribution is -1.92. The zero-order valence-corrected chi connectivity index (χ0v) is 11.3. The molecule has 1 aromatic heterocycles. The van der Waals surface area contributed by atoms with E-state index in [0.717, 1.165) is 11.5 Å². The summed E-state index contributed by atoms with van der Waals surface area (Å²) in [6.07, 6.45) is 1.80. The molecule has 1 heterocycles. The topological polar surface area (TPSA) is 25.8 Å². The molecular weight excluding hydrogens is 208 g/mol. The number of benzene rings is 1. The van der Waals surface area contributed by atoms with Crippen LogP contribution >= 0.6 is 0 Å². The Hall–Kier alpha value is -1.70. The Kier molecular flexibility index (Phi) is 4.83. The summed E-state index contributed by atoms with van der Waals surface area (Å²) in [6.45, 7) is 10.1. The quantitative estimate of drug-likeness (QED) is 0.734. The Morgan fingerprint density at radius 1 is 0.941 bits per heavy atom. The van der Waals surface area contributed by atoms with E-state index in [1.807, 2.05) is 26.8 Å². The number of hydrogen-bond acceptors (Lipinski definition) is 2. The average Bonchev–Trinajstić information content (AvgIpc) is 2.31. The van der Waals surface area contributed by atoms with Crippen LogP contribution in [0.5, 0.6) is 0 Å². The van der Waals surface area contributed by atoms with Gasteiger partial charge in [-0.3, -0.25) is 0 Å². The number of hydrogen-bond donors (Lipinski definition) is 0. The minimum atomic E-state index is 0.812. The first-order valence-corrected chi connectivity index (χ1v) is 6.04. The average molecular weight is 228 g/mol. The normalized spacial score (nSPS) is 9.47. The van der Waals surface area contributed by atoms with Crippen molar-refractivity contribution in [1.82, 2.24) is 9.97 Å². The fourth-order valence-electron chi connectivity index (χ4n) is 1.71. The van der Waals surface area contributed by atoms with Gasteiger partial charge in [-0.2, -0.15) is 0 Å². The SMILES string of the molecule is CC.Cc1ccc(-c2ccnc(C)n2)c(C)c1. The molecule has 0 unspecified atom stereocenters. The molecule has 0 aliphatic carbocycles. The predicted octanol–water partition coefficient (Wildman–Crippen LogP) is 4.10. The molecule has 1 aromatic carbocycles. The van der Waals surface area contributed by atoms with Gasteiger partial charge in [0.15, 0.2) is 0 Å². The van der Waals surface area contributed by atoms with Gasteiger partial charge in [-0.05, 0) is 32.4 Å². The van der Waals surface area contributed by atoms with Crippen LogP contribution in [-0.4, -0.2) is 9.97 Å². The third kappa shape index (κ3) is 3.38. The lowest BCUT2D eigenvalue weighted by molar-refractivity contribution is 1.06. The van der Waals surface area contributed by atoms with Gasteiger partial charge >= 0.3 is 0 Å². The highest BCUT2D eigenvalue weighted by atomic mass is 14.9. The first kappa shape index (κ1) is 13.4. The van der Waals surface area contributed by atoms with E-state index in [2.05, 4.69) is 42.0 Å². The van der Waals surface area contributed by atoms with E-state index in [4.69, 9.17) is 0 Å². The van der Waals surface area contributed by atoms with Crippen LogP contribution < -0.4 is 0 Å². The molecule has 0 saturated carbocycles. The third-order valence-electron chi connectivity index (χ3n) is 2.43. The second kappa shape index (κ2) is 6.14. The van der Waals surface area contributed by atoms with Crippen LogP contribution in [0.4, 0.5) is 0 Å². The van der Waals surface area contributed by atoms with Gasteiger partial charge in [-0.1, -0.05) is 37.6 Å². The van der Waals surface area contributed by atoms with Crippen molar-refractivity contribution in [2.24, 2.45) is 0 Å². The highest BCUT2D eigenvalue weighted by Crippen LogP contribution is 2.21. The molecule has 0 saturated heterocycles. The highest BCUT2D eigenvalue weighted by Gasteiger charge is 2.03. The Labute approximate surface area is 104 Å². The Morgan fingerprint density at radius 2 is 1.65 bits per heavy atom. The van der Waals surface area contributed by atoms with Crippen molar-refractivity contribution < 1.29 is 0 Å². The maximum Gasteiger partial charge on any atom is 0.125 e. The molecule has 0 spiro atoms. The van der Waals surface area contributed by atoms with E-state index < -0.39 is 0 Å². The van der Waals surface area contributed by atoms with E-state index in [-0.39, 0.29) is 0 Å². The fraction of sp³-hybridized carbons (Fsp3) is 0.333. The maximum absolute atomic E-state index is 4.42. The number of rotatable bonds is 1. The summed E-state index contributed by atoms with van der Waals surface area (Å²) in [5.41, 5.74) is 4.72. The molecule has 2 nitrogen and oxygen atoms in total. The molecule has 17 heavy (non-hydrogen) atoms. The van der Waals surface area contributed by atoms with Crippen molar-refractivity contribution in [3.05, 3.63) is 47.4 Å². The van der Waals surface area contributed by atoms with Crippen LogP contribution in [-0.2, 0) is 0 Å². The van der Waals surface area contributed by atoms with Crippen molar-refractivity contribution in [3.63, 3.8) is 0 Å². The van der Waals surface area contributed by atoms with Gasteiger partial charge in [0.1, 0.15) is 5.82 Å². The molecule has 2 aromatic rings. The summed E-state index contributed by atoms with van der Waals surface area (Å²) in [7, 11) is 0. The van der Waals surface area contributed by atoms with Crippen molar-refractivity contribution in [3.8, 4) is 11.3 Å². The van der Waals surface area contributed by atoms with Crippen LogP contribution in [0.1, 0.15) is 30.8 Å². The lowest BCUT2D eigenvalue weighted by Gasteiger charge is -2.06. The van der Waals surface area contributed by atoms with Gasteiger partial charge in [0, 0.05) is 11.8 Å². The molecule has 0 atom stereocenters. The molecule has 0 aliphatic heterocycles. The summed E-state index contributed by atoms with van der Waals surface area (Å²) >= 11 is 0. The van der Waals surface area contributed by atoms with Gasteiger partial charge < -0.3 is 0 Å². The Bertz CT molecular complexity index is 490. The van der Waals surface area contributed by atoms with Crippen LogP contribution in [0.2, 0.25) is 0 Å². The molecule has 0 fully saturated rings. The van der Waals surface area contributed by atoms with Crippen LogP contribution in [0.15, 0.2) is 30.5 Å². The monoisotopic (exact) mass is 228 g/mol. The van der Waals surface area contributed by atoms with Crippen LogP contribution in [0.25, 0.3) is 11.3 Å². The predicted molar refractivity (Wildman–Crippen MR) is 73.0 cm³/mol. The van der Waals surface area contributed by atoms with Crippen molar-refractivity contribution in [2.75, 3.05) is 0 Å². The summed E-state index contributed by atoms with van der Waals surface area (Å²) < 4.78 is 0. The second-order valence-corrected chi connectivity index (χ2v) is 3.81. The molecule has 0 bridgehead atoms. The molecule has 0 aliphatic rings. The summed E-state index contributed by atoms with van der Waals surface area (Å²) in [5.74, 6) is 0.812. The van der Waals surface area contributed by atoms with Gasteiger partial charge in [0.25, 0.3) is 0 Å². The molecular formula is C15H20N2.